The minimum atomic E-state index is -3.88. The molecule has 10 heteroatoms. The third kappa shape index (κ3) is 3.92. The van der Waals surface area contributed by atoms with Crippen molar-refractivity contribution in [3.05, 3.63) is 54.7 Å². The van der Waals surface area contributed by atoms with Crippen LogP contribution in [0.5, 0.6) is 5.75 Å². The Kier molecular flexibility index (Phi) is 5.52. The Morgan fingerprint density at radius 1 is 1.20 bits per heavy atom. The van der Waals surface area contributed by atoms with Crippen molar-refractivity contribution in [3.8, 4) is 17.1 Å². The Labute approximate surface area is 173 Å². The number of pyridine rings is 1. The van der Waals surface area contributed by atoms with Gasteiger partial charge in [0.15, 0.2) is 0 Å². The summed E-state index contributed by atoms with van der Waals surface area (Å²) in [6.45, 7) is 2.15. The Morgan fingerprint density at radius 2 is 1.93 bits per heavy atom. The number of benzene rings is 1. The highest BCUT2D eigenvalue weighted by Gasteiger charge is 2.46. The second-order valence-corrected chi connectivity index (χ2v) is 8.91. The van der Waals surface area contributed by atoms with Crippen LogP contribution in [0.25, 0.3) is 11.4 Å². The molecule has 3 heterocycles. The molecule has 0 saturated carbocycles. The van der Waals surface area contributed by atoms with Gasteiger partial charge in [0.2, 0.25) is 21.5 Å². The maximum atomic E-state index is 15.8. The van der Waals surface area contributed by atoms with Crippen LogP contribution in [0.3, 0.4) is 0 Å². The van der Waals surface area contributed by atoms with E-state index in [0.717, 1.165) is 4.31 Å². The normalized spacial score (nSPS) is 20.2. The van der Waals surface area contributed by atoms with Crippen molar-refractivity contribution in [1.29, 1.82) is 0 Å². The van der Waals surface area contributed by atoms with E-state index >= 15 is 4.39 Å². The predicted octanol–water partition coefficient (Wildman–Crippen LogP) is 3.18. The zero-order valence-corrected chi connectivity index (χ0v) is 17.2. The molecule has 1 aliphatic rings. The number of sulfonamides is 1. The first-order valence-electron chi connectivity index (χ1n) is 9.59. The molecule has 30 heavy (non-hydrogen) atoms. The van der Waals surface area contributed by atoms with Crippen LogP contribution in [0.15, 0.2) is 58.2 Å². The van der Waals surface area contributed by atoms with Crippen LogP contribution in [0.2, 0.25) is 0 Å². The maximum Gasteiger partial charge on any atom is 0.266 e. The minimum absolute atomic E-state index is 0.0817. The second-order valence-electron chi connectivity index (χ2n) is 6.97. The lowest BCUT2D eigenvalue weighted by atomic mass is 9.96. The Morgan fingerprint density at radius 3 is 2.63 bits per heavy atom. The Hall–Kier alpha value is -2.85. The van der Waals surface area contributed by atoms with E-state index in [1.54, 1.807) is 36.7 Å². The minimum Gasteiger partial charge on any atom is -0.494 e. The molecule has 1 unspecified atom stereocenters. The number of aromatic nitrogens is 3. The summed E-state index contributed by atoms with van der Waals surface area (Å²) >= 11 is 0. The summed E-state index contributed by atoms with van der Waals surface area (Å²) in [5, 5.41) is 3.84. The average molecular weight is 432 g/mol. The first-order chi connectivity index (χ1) is 14.4. The third-order valence-corrected chi connectivity index (χ3v) is 6.79. The predicted molar refractivity (Wildman–Crippen MR) is 106 cm³/mol. The largest absolute Gasteiger partial charge is 0.494 e. The van der Waals surface area contributed by atoms with Crippen molar-refractivity contribution in [2.75, 3.05) is 19.7 Å². The van der Waals surface area contributed by atoms with E-state index in [4.69, 9.17) is 9.26 Å². The molecule has 158 valence electrons. The third-order valence-electron chi connectivity index (χ3n) is 4.93. The number of rotatable bonds is 6. The van der Waals surface area contributed by atoms with E-state index < -0.39 is 15.7 Å². The lowest BCUT2D eigenvalue weighted by Crippen LogP contribution is -2.46. The van der Waals surface area contributed by atoms with Crippen molar-refractivity contribution >= 4 is 10.0 Å². The number of halogens is 1. The van der Waals surface area contributed by atoms with E-state index in [1.807, 2.05) is 6.92 Å². The summed E-state index contributed by atoms with van der Waals surface area (Å²) in [4.78, 5) is 8.18. The Balaban J connectivity index is 1.57. The molecule has 3 aromatic rings. The van der Waals surface area contributed by atoms with Crippen LogP contribution in [-0.4, -0.2) is 47.5 Å². The monoisotopic (exact) mass is 432 g/mol. The highest BCUT2D eigenvalue weighted by Crippen LogP contribution is 2.37. The molecule has 0 spiro atoms. The smallest absolute Gasteiger partial charge is 0.266 e. The average Bonchev–Trinajstić information content (AvgIpc) is 3.26. The molecule has 0 aliphatic carbocycles. The molecule has 1 aliphatic heterocycles. The summed E-state index contributed by atoms with van der Waals surface area (Å²) in [6, 6.07) is 9.46. The van der Waals surface area contributed by atoms with E-state index in [0.29, 0.717) is 24.3 Å². The fourth-order valence-corrected chi connectivity index (χ4v) is 4.92. The number of piperidine rings is 1. The summed E-state index contributed by atoms with van der Waals surface area (Å²) in [5.41, 5.74) is -1.42. The quantitative estimate of drug-likeness (QED) is 0.590. The molecular weight excluding hydrogens is 411 g/mol. The van der Waals surface area contributed by atoms with Gasteiger partial charge in [0.05, 0.1) is 18.0 Å². The molecule has 1 saturated heterocycles. The Bertz CT molecular complexity index is 1110. The van der Waals surface area contributed by atoms with Crippen LogP contribution in [0.4, 0.5) is 4.39 Å². The van der Waals surface area contributed by atoms with Gasteiger partial charge in [-0.25, -0.2) is 12.8 Å². The zero-order valence-electron chi connectivity index (χ0n) is 16.4. The molecule has 0 amide bonds. The van der Waals surface area contributed by atoms with Gasteiger partial charge in [0, 0.05) is 24.5 Å². The van der Waals surface area contributed by atoms with Gasteiger partial charge in [-0.1, -0.05) is 5.16 Å². The van der Waals surface area contributed by atoms with Crippen molar-refractivity contribution < 1.29 is 22.1 Å². The van der Waals surface area contributed by atoms with Crippen LogP contribution >= 0.6 is 0 Å². The first kappa shape index (κ1) is 20.4. The molecule has 1 fully saturated rings. The zero-order chi connectivity index (χ0) is 21.2. The van der Waals surface area contributed by atoms with Gasteiger partial charge in [-0.15, -0.1) is 0 Å². The lowest BCUT2D eigenvalue weighted by Gasteiger charge is -2.34. The molecule has 0 radical (unpaired) electrons. The topological polar surface area (TPSA) is 98.4 Å². The molecular formula is C20H21FN4O4S. The van der Waals surface area contributed by atoms with Crippen molar-refractivity contribution in [2.24, 2.45) is 0 Å². The van der Waals surface area contributed by atoms with Gasteiger partial charge in [0.25, 0.3) is 5.89 Å². The van der Waals surface area contributed by atoms with Gasteiger partial charge >= 0.3 is 0 Å². The van der Waals surface area contributed by atoms with Crippen molar-refractivity contribution in [2.45, 2.75) is 30.3 Å². The van der Waals surface area contributed by atoms with E-state index in [2.05, 4.69) is 15.1 Å². The fraction of sp³-hybridized carbons (Fsp3) is 0.350. The molecule has 1 aromatic carbocycles. The SMILES string of the molecule is CCOc1ccc(S(=O)(=O)N2CCCC(F)(c3nc(-c4ccncc4)no3)C2)cc1. The summed E-state index contributed by atoms with van der Waals surface area (Å²) in [7, 11) is -3.88. The molecule has 0 bridgehead atoms. The fourth-order valence-electron chi connectivity index (χ4n) is 3.40. The number of nitrogens with zero attached hydrogens (tertiary/aromatic N) is 4. The second kappa shape index (κ2) is 8.11. The van der Waals surface area contributed by atoms with Gasteiger partial charge in [-0.2, -0.15) is 9.29 Å². The van der Waals surface area contributed by atoms with Gasteiger partial charge in [0.1, 0.15) is 5.75 Å². The molecule has 8 nitrogen and oxygen atoms in total. The van der Waals surface area contributed by atoms with Crippen LogP contribution < -0.4 is 4.74 Å². The highest BCUT2D eigenvalue weighted by molar-refractivity contribution is 7.89. The van der Waals surface area contributed by atoms with Crippen molar-refractivity contribution in [1.82, 2.24) is 19.4 Å². The molecule has 1 atom stereocenters. The van der Waals surface area contributed by atoms with Gasteiger partial charge in [-0.3, -0.25) is 4.98 Å². The number of hydrogen-bond acceptors (Lipinski definition) is 7. The van der Waals surface area contributed by atoms with Crippen LogP contribution in [-0.2, 0) is 15.7 Å². The summed E-state index contributed by atoms with van der Waals surface area (Å²) < 4.78 is 53.5. The van der Waals surface area contributed by atoms with E-state index in [1.165, 1.54) is 12.1 Å². The number of hydrogen-bond donors (Lipinski definition) is 0. The molecule has 0 N–H and O–H groups in total. The molecule has 2 aromatic heterocycles. The summed E-state index contributed by atoms with van der Waals surface area (Å²) in [6.07, 6.45) is 3.57. The first-order valence-corrected chi connectivity index (χ1v) is 11.0. The van der Waals surface area contributed by atoms with E-state index in [9.17, 15) is 8.42 Å². The van der Waals surface area contributed by atoms with Gasteiger partial charge < -0.3 is 9.26 Å². The number of alkyl halides is 1. The van der Waals surface area contributed by atoms with Crippen LogP contribution in [0.1, 0.15) is 25.7 Å². The molecule has 4 rings (SSSR count). The highest BCUT2D eigenvalue weighted by atomic mass is 32.2. The lowest BCUT2D eigenvalue weighted by molar-refractivity contribution is 0.0470. The standard InChI is InChI=1S/C20H21FN4O4S/c1-2-28-16-4-6-17(7-5-16)30(26,27)25-13-3-10-20(21,14-25)19-23-18(24-29-19)15-8-11-22-12-9-15/h4-9,11-12H,2-3,10,13-14H2,1H3. The van der Waals surface area contributed by atoms with Crippen LogP contribution in [0, 0.1) is 0 Å². The summed E-state index contributed by atoms with van der Waals surface area (Å²) in [5.74, 6) is 0.584. The number of ether oxygens (including phenoxy) is 1. The van der Waals surface area contributed by atoms with E-state index in [-0.39, 0.29) is 36.1 Å². The van der Waals surface area contributed by atoms with Gasteiger partial charge in [-0.05, 0) is 56.2 Å². The van der Waals surface area contributed by atoms with Crippen molar-refractivity contribution in [3.63, 3.8) is 0 Å². The maximum absolute atomic E-state index is 15.8.